The third kappa shape index (κ3) is 5.20. The van der Waals surface area contributed by atoms with Crippen LogP contribution in [-0.4, -0.2) is 25.1 Å². The lowest BCUT2D eigenvalue weighted by molar-refractivity contribution is -0.118. The SMILES string of the molecule is Cc1ccc(Cl)c2sc(N(Cc3ccco3)C(=O)CCS(=O)(=O)Cc3ccccc3)nc12. The number of hydrogen-bond donors (Lipinski definition) is 0. The number of thiazole rings is 1. The molecule has 0 N–H and O–H groups in total. The van der Waals surface area contributed by atoms with E-state index in [2.05, 4.69) is 4.98 Å². The highest BCUT2D eigenvalue weighted by atomic mass is 35.5. The lowest BCUT2D eigenvalue weighted by Gasteiger charge is -2.18. The number of fused-ring (bicyclic) bond motifs is 1. The van der Waals surface area contributed by atoms with Gasteiger partial charge >= 0.3 is 0 Å². The van der Waals surface area contributed by atoms with Gasteiger partial charge in [-0.1, -0.05) is 59.3 Å². The molecule has 4 rings (SSSR count). The number of halogens is 1. The van der Waals surface area contributed by atoms with Crippen LogP contribution in [0.4, 0.5) is 5.13 Å². The first-order chi connectivity index (χ1) is 15.3. The van der Waals surface area contributed by atoms with Crippen molar-refractivity contribution in [1.82, 2.24) is 4.98 Å². The van der Waals surface area contributed by atoms with Crippen molar-refractivity contribution in [3.8, 4) is 0 Å². The summed E-state index contributed by atoms with van der Waals surface area (Å²) in [4.78, 5) is 19.3. The van der Waals surface area contributed by atoms with Crippen LogP contribution in [0.3, 0.4) is 0 Å². The van der Waals surface area contributed by atoms with Crippen molar-refractivity contribution >= 4 is 54.0 Å². The van der Waals surface area contributed by atoms with Crippen LogP contribution in [0.1, 0.15) is 23.3 Å². The summed E-state index contributed by atoms with van der Waals surface area (Å²) in [6.07, 6.45) is 1.38. The van der Waals surface area contributed by atoms with Crippen molar-refractivity contribution in [3.63, 3.8) is 0 Å². The molecule has 32 heavy (non-hydrogen) atoms. The molecule has 4 aromatic rings. The first-order valence-corrected chi connectivity index (χ1v) is 13.0. The number of sulfone groups is 1. The van der Waals surface area contributed by atoms with Gasteiger partial charge in [0, 0.05) is 6.42 Å². The maximum absolute atomic E-state index is 13.2. The van der Waals surface area contributed by atoms with Crippen LogP contribution in [0, 0.1) is 6.92 Å². The van der Waals surface area contributed by atoms with Gasteiger partial charge < -0.3 is 4.42 Å². The van der Waals surface area contributed by atoms with Crippen LogP contribution in [0.5, 0.6) is 0 Å². The Bertz CT molecular complexity index is 1290. The molecule has 166 valence electrons. The van der Waals surface area contributed by atoms with E-state index in [9.17, 15) is 13.2 Å². The van der Waals surface area contributed by atoms with E-state index < -0.39 is 9.84 Å². The molecule has 0 aliphatic rings. The molecule has 2 aromatic heterocycles. The number of aromatic nitrogens is 1. The molecule has 0 bridgehead atoms. The standard InChI is InChI=1S/C23H21ClN2O4S2/c1-16-9-10-19(24)22-21(16)25-23(31-22)26(14-18-8-5-12-30-18)20(27)11-13-32(28,29)15-17-6-3-2-4-7-17/h2-10,12H,11,13-15H2,1H3. The van der Waals surface area contributed by atoms with Gasteiger partial charge in [-0.25, -0.2) is 13.4 Å². The molecule has 1 amide bonds. The number of benzene rings is 2. The summed E-state index contributed by atoms with van der Waals surface area (Å²) < 4.78 is 31.4. The minimum atomic E-state index is -3.45. The van der Waals surface area contributed by atoms with Gasteiger partial charge in [0.25, 0.3) is 0 Å². The van der Waals surface area contributed by atoms with Crippen molar-refractivity contribution in [2.24, 2.45) is 0 Å². The van der Waals surface area contributed by atoms with Gasteiger partial charge in [-0.05, 0) is 36.2 Å². The molecule has 0 aliphatic carbocycles. The van der Waals surface area contributed by atoms with Crippen LogP contribution in [-0.2, 0) is 26.9 Å². The van der Waals surface area contributed by atoms with Crippen molar-refractivity contribution < 1.29 is 17.6 Å². The van der Waals surface area contributed by atoms with E-state index in [4.69, 9.17) is 16.0 Å². The van der Waals surface area contributed by atoms with Gasteiger partial charge in [-0.15, -0.1) is 0 Å². The van der Waals surface area contributed by atoms with Crippen molar-refractivity contribution in [3.05, 3.63) is 82.8 Å². The molecule has 9 heteroatoms. The van der Waals surface area contributed by atoms with Crippen molar-refractivity contribution in [1.29, 1.82) is 0 Å². The fourth-order valence-electron chi connectivity index (χ4n) is 3.31. The summed E-state index contributed by atoms with van der Waals surface area (Å²) in [6.45, 7) is 2.08. The Morgan fingerprint density at radius 1 is 1.12 bits per heavy atom. The summed E-state index contributed by atoms with van der Waals surface area (Å²) in [6, 6.07) is 16.1. The fraction of sp³-hybridized carbons (Fsp3) is 0.217. The number of carbonyl (C=O) groups excluding carboxylic acids is 1. The van der Waals surface area contributed by atoms with Gasteiger partial charge in [-0.2, -0.15) is 0 Å². The molecule has 0 atom stereocenters. The Labute approximate surface area is 195 Å². The summed E-state index contributed by atoms with van der Waals surface area (Å²) >= 11 is 7.64. The lowest BCUT2D eigenvalue weighted by Crippen LogP contribution is -2.31. The quantitative estimate of drug-likeness (QED) is 0.332. The number of rotatable bonds is 8. The van der Waals surface area contributed by atoms with E-state index in [0.29, 0.717) is 21.5 Å². The minimum Gasteiger partial charge on any atom is -0.467 e. The Kier molecular flexibility index (Phi) is 6.64. The molecule has 6 nitrogen and oxygen atoms in total. The number of furan rings is 1. The highest BCUT2D eigenvalue weighted by Crippen LogP contribution is 2.36. The largest absolute Gasteiger partial charge is 0.467 e. The normalized spacial score (nSPS) is 11.7. The summed E-state index contributed by atoms with van der Waals surface area (Å²) in [7, 11) is -3.45. The van der Waals surface area contributed by atoms with Crippen LogP contribution in [0.25, 0.3) is 10.2 Å². The zero-order valence-electron chi connectivity index (χ0n) is 17.3. The predicted molar refractivity (Wildman–Crippen MR) is 128 cm³/mol. The summed E-state index contributed by atoms with van der Waals surface area (Å²) in [5, 5.41) is 1.02. The number of nitrogens with zero attached hydrogens (tertiary/aromatic N) is 2. The second-order valence-corrected chi connectivity index (χ2v) is 11.0. The Morgan fingerprint density at radius 3 is 2.59 bits per heavy atom. The van der Waals surface area contributed by atoms with Crippen molar-refractivity contribution in [2.45, 2.75) is 25.6 Å². The molecule has 0 saturated carbocycles. The molecule has 0 fully saturated rings. The average molecular weight is 489 g/mol. The molecule has 0 saturated heterocycles. The maximum Gasteiger partial charge on any atom is 0.230 e. The van der Waals surface area contributed by atoms with Crippen molar-refractivity contribution in [2.75, 3.05) is 10.7 Å². The highest BCUT2D eigenvalue weighted by molar-refractivity contribution is 7.90. The number of anilines is 1. The van der Waals surface area contributed by atoms with Crippen LogP contribution in [0.15, 0.2) is 65.3 Å². The monoisotopic (exact) mass is 488 g/mol. The zero-order valence-corrected chi connectivity index (χ0v) is 19.7. The van der Waals surface area contributed by atoms with E-state index in [1.54, 1.807) is 42.5 Å². The zero-order chi connectivity index (χ0) is 22.7. The van der Waals surface area contributed by atoms with Crippen LogP contribution in [0.2, 0.25) is 5.02 Å². The van der Waals surface area contributed by atoms with E-state index in [0.717, 1.165) is 15.8 Å². The lowest BCUT2D eigenvalue weighted by atomic mass is 10.2. The van der Waals surface area contributed by atoms with Crippen LogP contribution >= 0.6 is 22.9 Å². The van der Waals surface area contributed by atoms with E-state index >= 15 is 0 Å². The topological polar surface area (TPSA) is 80.5 Å². The van der Waals surface area contributed by atoms with Gasteiger partial charge in [-0.3, -0.25) is 9.69 Å². The van der Waals surface area contributed by atoms with E-state index in [1.807, 2.05) is 19.1 Å². The molecular formula is C23H21ClN2O4S2. The second-order valence-electron chi connectivity index (χ2n) is 7.43. The highest BCUT2D eigenvalue weighted by Gasteiger charge is 2.24. The molecule has 0 unspecified atom stereocenters. The first-order valence-electron chi connectivity index (χ1n) is 9.95. The molecule has 0 spiro atoms. The Balaban J connectivity index is 1.57. The predicted octanol–water partition coefficient (Wildman–Crippen LogP) is 5.39. The molecule has 0 aliphatic heterocycles. The minimum absolute atomic E-state index is 0.102. The Hall–Kier alpha value is -2.68. The molecule has 2 aromatic carbocycles. The first kappa shape index (κ1) is 22.5. The van der Waals surface area contributed by atoms with E-state index in [1.165, 1.54) is 22.5 Å². The van der Waals surface area contributed by atoms with Crippen LogP contribution < -0.4 is 4.90 Å². The molecule has 2 heterocycles. The third-order valence-corrected chi connectivity index (χ3v) is 8.11. The summed E-state index contributed by atoms with van der Waals surface area (Å²) in [5.41, 5.74) is 2.37. The van der Waals surface area contributed by atoms with Gasteiger partial charge in [0.1, 0.15) is 5.76 Å². The molecular weight excluding hydrogens is 468 g/mol. The van der Waals surface area contributed by atoms with Gasteiger partial charge in [0.05, 0.1) is 39.6 Å². The number of aryl methyl sites for hydroxylation is 1. The Morgan fingerprint density at radius 2 is 1.91 bits per heavy atom. The average Bonchev–Trinajstić information content (AvgIpc) is 3.44. The number of hydrogen-bond acceptors (Lipinski definition) is 6. The summed E-state index contributed by atoms with van der Waals surface area (Å²) in [5.74, 6) is -0.117. The second kappa shape index (κ2) is 9.44. The van der Waals surface area contributed by atoms with Gasteiger partial charge in [0.15, 0.2) is 15.0 Å². The van der Waals surface area contributed by atoms with Gasteiger partial charge in [0.2, 0.25) is 5.91 Å². The molecule has 0 radical (unpaired) electrons. The third-order valence-electron chi connectivity index (χ3n) is 4.97. The number of carbonyl (C=O) groups is 1. The maximum atomic E-state index is 13.2. The number of amides is 1. The fourth-order valence-corrected chi connectivity index (χ4v) is 5.97. The van der Waals surface area contributed by atoms with E-state index in [-0.39, 0.29) is 30.4 Å². The smallest absolute Gasteiger partial charge is 0.230 e.